The van der Waals surface area contributed by atoms with Crippen LogP contribution in [0.4, 0.5) is 19.0 Å². The van der Waals surface area contributed by atoms with E-state index >= 15 is 0 Å². The van der Waals surface area contributed by atoms with E-state index in [-0.39, 0.29) is 18.9 Å². The molecule has 1 heterocycles. The van der Waals surface area contributed by atoms with Crippen molar-refractivity contribution in [2.45, 2.75) is 44.8 Å². The van der Waals surface area contributed by atoms with E-state index in [4.69, 9.17) is 5.73 Å². The Kier molecular flexibility index (Phi) is 3.80. The minimum atomic E-state index is -4.06. The van der Waals surface area contributed by atoms with Gasteiger partial charge in [-0.2, -0.15) is 18.3 Å². The Balaban J connectivity index is 2.08. The Hall–Kier alpha value is -0.470. The largest absolute Gasteiger partial charge is 0.391 e. The Morgan fingerprint density at radius 2 is 1.83 bits per heavy atom. The average Bonchev–Trinajstić information content (AvgIpc) is 2.56. The van der Waals surface area contributed by atoms with Gasteiger partial charge in [0.1, 0.15) is 5.82 Å². The molecule has 1 aromatic rings. The van der Waals surface area contributed by atoms with Gasteiger partial charge in [0.05, 0.1) is 21.2 Å². The topological polar surface area (TPSA) is 43.8 Å². The molecule has 102 valence electrons. The summed E-state index contributed by atoms with van der Waals surface area (Å²) in [6, 6.07) is 0.00539. The number of alkyl halides is 3. The van der Waals surface area contributed by atoms with Gasteiger partial charge in [-0.25, -0.2) is 4.68 Å². The van der Waals surface area contributed by atoms with Crippen LogP contribution in [0, 0.1) is 16.4 Å². The van der Waals surface area contributed by atoms with Crippen molar-refractivity contribution < 1.29 is 13.2 Å². The van der Waals surface area contributed by atoms with E-state index in [1.807, 2.05) is 6.92 Å². The zero-order valence-corrected chi connectivity index (χ0v) is 12.1. The van der Waals surface area contributed by atoms with Crippen LogP contribution in [0.15, 0.2) is 0 Å². The van der Waals surface area contributed by atoms with E-state index in [0.717, 1.165) is 9.26 Å². The number of halogens is 4. The second kappa shape index (κ2) is 4.90. The molecular weight excluding hydrogens is 358 g/mol. The maximum absolute atomic E-state index is 12.6. The van der Waals surface area contributed by atoms with Gasteiger partial charge in [-0.3, -0.25) is 0 Å². The highest BCUT2D eigenvalue weighted by atomic mass is 127. The van der Waals surface area contributed by atoms with Crippen molar-refractivity contribution in [1.82, 2.24) is 9.78 Å². The number of nitrogens with two attached hydrogens (primary N) is 1. The third kappa shape index (κ3) is 2.60. The standard InChI is InChI=1S/C11H15F3IN3/c1-6-9(15)10(16)18(17-6)8-4-2-7(3-5-8)11(12,13)14/h7-8H,2-5,16H2,1H3. The summed E-state index contributed by atoms with van der Waals surface area (Å²) in [4.78, 5) is 0. The average molecular weight is 373 g/mol. The normalized spacial score (nSPS) is 25.4. The molecule has 0 unspecified atom stereocenters. The molecular formula is C11H15F3IN3. The number of anilines is 1. The van der Waals surface area contributed by atoms with Crippen LogP contribution < -0.4 is 5.73 Å². The third-order valence-corrected chi connectivity index (χ3v) is 4.89. The van der Waals surface area contributed by atoms with Crippen LogP contribution in [0.5, 0.6) is 0 Å². The van der Waals surface area contributed by atoms with Crippen molar-refractivity contribution >= 4 is 28.4 Å². The minimum absolute atomic E-state index is 0.00539. The van der Waals surface area contributed by atoms with Gasteiger partial charge < -0.3 is 5.73 Å². The Morgan fingerprint density at radius 1 is 1.28 bits per heavy atom. The zero-order valence-electron chi connectivity index (χ0n) is 9.97. The molecule has 0 saturated heterocycles. The summed E-state index contributed by atoms with van der Waals surface area (Å²) in [5.41, 5.74) is 6.76. The van der Waals surface area contributed by atoms with Gasteiger partial charge in [0.25, 0.3) is 0 Å². The van der Waals surface area contributed by atoms with Gasteiger partial charge in [-0.05, 0) is 55.2 Å². The quantitative estimate of drug-likeness (QED) is 0.764. The number of rotatable bonds is 1. The van der Waals surface area contributed by atoms with Crippen molar-refractivity contribution in [2.24, 2.45) is 5.92 Å². The van der Waals surface area contributed by atoms with Gasteiger partial charge in [-0.15, -0.1) is 0 Å². The molecule has 1 saturated carbocycles. The molecule has 0 bridgehead atoms. The van der Waals surface area contributed by atoms with Crippen LogP contribution >= 0.6 is 22.6 Å². The molecule has 1 aliphatic carbocycles. The molecule has 2 N–H and O–H groups in total. The lowest BCUT2D eigenvalue weighted by Gasteiger charge is -2.30. The molecule has 2 rings (SSSR count). The van der Waals surface area contributed by atoms with Crippen molar-refractivity contribution in [3.8, 4) is 0 Å². The Morgan fingerprint density at radius 3 is 2.22 bits per heavy atom. The molecule has 18 heavy (non-hydrogen) atoms. The second-order valence-corrected chi connectivity index (χ2v) is 5.86. The van der Waals surface area contributed by atoms with Gasteiger partial charge >= 0.3 is 6.18 Å². The molecule has 0 aliphatic heterocycles. The second-order valence-electron chi connectivity index (χ2n) is 4.78. The lowest BCUT2D eigenvalue weighted by Crippen LogP contribution is -2.29. The van der Waals surface area contributed by atoms with E-state index < -0.39 is 12.1 Å². The predicted molar refractivity (Wildman–Crippen MR) is 71.1 cm³/mol. The number of aromatic nitrogens is 2. The molecule has 1 aliphatic rings. The molecule has 1 aromatic heterocycles. The zero-order chi connectivity index (χ0) is 13.5. The summed E-state index contributed by atoms with van der Waals surface area (Å²) >= 11 is 2.11. The number of aryl methyl sites for hydroxylation is 1. The van der Waals surface area contributed by atoms with E-state index in [2.05, 4.69) is 27.7 Å². The minimum Gasteiger partial charge on any atom is -0.383 e. The van der Waals surface area contributed by atoms with Crippen molar-refractivity contribution in [2.75, 3.05) is 5.73 Å². The number of nitrogens with zero attached hydrogens (tertiary/aromatic N) is 2. The SMILES string of the molecule is Cc1nn(C2CCC(C(F)(F)F)CC2)c(N)c1I. The summed E-state index contributed by atoms with van der Waals surface area (Å²) in [7, 11) is 0. The van der Waals surface area contributed by atoms with E-state index in [9.17, 15) is 13.2 Å². The smallest absolute Gasteiger partial charge is 0.383 e. The van der Waals surface area contributed by atoms with Gasteiger partial charge in [0.15, 0.2) is 0 Å². The van der Waals surface area contributed by atoms with Crippen LogP contribution in [0.3, 0.4) is 0 Å². The highest BCUT2D eigenvalue weighted by molar-refractivity contribution is 14.1. The highest BCUT2D eigenvalue weighted by Gasteiger charge is 2.42. The summed E-state index contributed by atoms with van der Waals surface area (Å²) in [6.45, 7) is 1.86. The first-order valence-electron chi connectivity index (χ1n) is 5.87. The molecule has 3 nitrogen and oxygen atoms in total. The Bertz CT molecular complexity index is 433. The van der Waals surface area contributed by atoms with Crippen LogP contribution in [0.25, 0.3) is 0 Å². The van der Waals surface area contributed by atoms with Crippen molar-refractivity contribution in [3.63, 3.8) is 0 Å². The fourth-order valence-corrected chi connectivity index (χ4v) is 2.83. The van der Waals surface area contributed by atoms with Crippen LogP contribution in [-0.2, 0) is 0 Å². The maximum atomic E-state index is 12.6. The molecule has 0 spiro atoms. The van der Waals surface area contributed by atoms with Gasteiger partial charge in [0, 0.05) is 0 Å². The van der Waals surface area contributed by atoms with Crippen LogP contribution in [0.2, 0.25) is 0 Å². The van der Waals surface area contributed by atoms with E-state index in [1.54, 1.807) is 4.68 Å². The molecule has 0 atom stereocenters. The van der Waals surface area contributed by atoms with Crippen molar-refractivity contribution in [3.05, 3.63) is 9.26 Å². The summed E-state index contributed by atoms with van der Waals surface area (Å²) < 4.78 is 40.3. The van der Waals surface area contributed by atoms with Crippen molar-refractivity contribution in [1.29, 1.82) is 0 Å². The summed E-state index contributed by atoms with van der Waals surface area (Å²) in [5, 5.41) is 4.32. The summed E-state index contributed by atoms with van der Waals surface area (Å²) in [6.07, 6.45) is -2.74. The molecule has 0 aromatic carbocycles. The number of nitrogen functional groups attached to an aromatic ring is 1. The van der Waals surface area contributed by atoms with Crippen LogP contribution in [0.1, 0.15) is 37.4 Å². The Labute approximate surface area is 117 Å². The molecule has 1 fully saturated rings. The fraction of sp³-hybridized carbons (Fsp3) is 0.727. The number of hydrogen-bond acceptors (Lipinski definition) is 2. The molecule has 0 amide bonds. The molecule has 0 radical (unpaired) electrons. The first-order valence-corrected chi connectivity index (χ1v) is 6.95. The predicted octanol–water partition coefficient (Wildman–Crippen LogP) is 3.67. The summed E-state index contributed by atoms with van der Waals surface area (Å²) in [5.74, 6) is -0.589. The highest BCUT2D eigenvalue weighted by Crippen LogP contribution is 2.41. The maximum Gasteiger partial charge on any atom is 0.391 e. The molecule has 7 heteroatoms. The first-order chi connectivity index (χ1) is 8.30. The first kappa shape index (κ1) is 14.0. The van der Waals surface area contributed by atoms with Gasteiger partial charge in [0.2, 0.25) is 0 Å². The van der Waals surface area contributed by atoms with E-state index in [1.165, 1.54) is 0 Å². The third-order valence-electron chi connectivity index (χ3n) is 3.55. The fourth-order valence-electron chi connectivity index (χ4n) is 2.47. The lowest BCUT2D eigenvalue weighted by molar-refractivity contribution is -0.183. The van der Waals surface area contributed by atoms with E-state index in [0.29, 0.717) is 18.7 Å². The monoisotopic (exact) mass is 373 g/mol. The lowest BCUT2D eigenvalue weighted by atomic mass is 9.85. The van der Waals surface area contributed by atoms with Crippen LogP contribution in [-0.4, -0.2) is 16.0 Å². The van der Waals surface area contributed by atoms with Gasteiger partial charge in [-0.1, -0.05) is 0 Å². The number of hydrogen-bond donors (Lipinski definition) is 1.